The van der Waals surface area contributed by atoms with E-state index in [1.54, 1.807) is 51.2 Å². The van der Waals surface area contributed by atoms with Crippen molar-refractivity contribution < 1.29 is 32.3 Å². The smallest absolute Gasteiger partial charge is 0.308 e. The molecule has 1 aromatic heterocycles. The van der Waals surface area contributed by atoms with Crippen LogP contribution in [0.5, 0.6) is 0 Å². The summed E-state index contributed by atoms with van der Waals surface area (Å²) in [5, 5.41) is 7.31. The van der Waals surface area contributed by atoms with Crippen LogP contribution < -0.4 is 10.6 Å². The summed E-state index contributed by atoms with van der Waals surface area (Å²) >= 11 is 0. The number of benzene rings is 1. The average molecular weight is 615 g/mol. The molecule has 43 heavy (non-hydrogen) atoms. The van der Waals surface area contributed by atoms with Crippen molar-refractivity contribution in [3.05, 3.63) is 53.6 Å². The quantitative estimate of drug-likeness (QED) is 0.409. The molecular formula is C31H42N4O7S. The highest BCUT2D eigenvalue weighted by molar-refractivity contribution is 7.93. The topological polar surface area (TPSA) is 152 Å². The number of rotatable bonds is 9. The number of likely N-dealkylation sites (tertiary alicyclic amines) is 1. The second-order valence-electron chi connectivity index (χ2n) is 12.9. The fourth-order valence-electron chi connectivity index (χ4n) is 4.80. The highest BCUT2D eigenvalue weighted by atomic mass is 32.2. The highest BCUT2D eigenvalue weighted by Crippen LogP contribution is 2.27. The number of hydrogen-bond donors (Lipinski definition) is 2. The van der Waals surface area contributed by atoms with Gasteiger partial charge in [0.1, 0.15) is 17.7 Å². The number of carbonyl (C=O) groups is 4. The minimum Gasteiger partial charge on any atom is -0.460 e. The van der Waals surface area contributed by atoms with Gasteiger partial charge in [0.05, 0.1) is 18.0 Å². The van der Waals surface area contributed by atoms with Crippen LogP contribution in [-0.2, 0) is 29.0 Å². The van der Waals surface area contributed by atoms with E-state index >= 15 is 0 Å². The lowest BCUT2D eigenvalue weighted by atomic mass is 9.85. The molecule has 0 unspecified atom stereocenters. The van der Waals surface area contributed by atoms with Gasteiger partial charge in [-0.25, -0.2) is 8.42 Å². The van der Waals surface area contributed by atoms with Crippen LogP contribution in [0.1, 0.15) is 71.2 Å². The Balaban J connectivity index is 1.79. The molecule has 0 radical (unpaired) electrons. The molecule has 3 atom stereocenters. The number of aromatic nitrogens is 1. The van der Waals surface area contributed by atoms with Crippen LogP contribution in [0.15, 0.2) is 48.0 Å². The number of nitrogens with one attached hydrogen (secondary N) is 2. The predicted octanol–water partition coefficient (Wildman–Crippen LogP) is 3.15. The molecule has 2 aromatic rings. The van der Waals surface area contributed by atoms with Crippen molar-refractivity contribution in [1.29, 1.82) is 0 Å². The van der Waals surface area contributed by atoms with Crippen LogP contribution in [0.25, 0.3) is 10.9 Å². The minimum atomic E-state index is -3.54. The fraction of sp³-hybridized carbons (Fsp3) is 0.516. The van der Waals surface area contributed by atoms with Crippen molar-refractivity contribution in [3.8, 4) is 0 Å². The summed E-state index contributed by atoms with van der Waals surface area (Å²) in [7, 11) is -3.54. The number of carbonyl (C=O) groups excluding carboxylic acids is 4. The zero-order valence-corrected chi connectivity index (χ0v) is 26.7. The van der Waals surface area contributed by atoms with Gasteiger partial charge in [-0.05, 0) is 63.3 Å². The first-order valence-corrected chi connectivity index (χ1v) is 16.2. The van der Waals surface area contributed by atoms with Crippen LogP contribution in [-0.4, -0.2) is 78.5 Å². The van der Waals surface area contributed by atoms with E-state index in [-0.39, 0.29) is 6.42 Å². The largest absolute Gasteiger partial charge is 0.460 e. The third kappa shape index (κ3) is 9.87. The van der Waals surface area contributed by atoms with Crippen LogP contribution in [0.3, 0.4) is 0 Å². The van der Waals surface area contributed by atoms with Gasteiger partial charge in [0.15, 0.2) is 9.84 Å². The normalized spacial score (nSPS) is 17.5. The molecule has 0 saturated carbocycles. The van der Waals surface area contributed by atoms with E-state index < -0.39 is 62.7 Å². The number of ether oxygens (including phenoxy) is 1. The molecule has 1 aliphatic rings. The summed E-state index contributed by atoms with van der Waals surface area (Å²) in [5.74, 6) is -1.98. The van der Waals surface area contributed by atoms with Gasteiger partial charge in [-0.2, -0.15) is 0 Å². The van der Waals surface area contributed by atoms with E-state index in [4.69, 9.17) is 4.74 Å². The van der Waals surface area contributed by atoms with Crippen molar-refractivity contribution in [2.45, 2.75) is 84.5 Å². The first kappa shape index (κ1) is 33.7. The van der Waals surface area contributed by atoms with E-state index in [9.17, 15) is 27.6 Å². The lowest BCUT2D eigenvalue weighted by Gasteiger charge is -2.35. The second kappa shape index (κ2) is 13.2. The number of esters is 1. The molecule has 12 heteroatoms. The van der Waals surface area contributed by atoms with E-state index in [1.807, 2.05) is 26.8 Å². The van der Waals surface area contributed by atoms with E-state index in [1.165, 1.54) is 11.0 Å². The third-order valence-corrected chi connectivity index (χ3v) is 7.44. The maximum Gasteiger partial charge on any atom is 0.308 e. The van der Waals surface area contributed by atoms with Crippen LogP contribution >= 0.6 is 0 Å². The Hall–Kier alpha value is -3.80. The van der Waals surface area contributed by atoms with Gasteiger partial charge < -0.3 is 20.3 Å². The number of nitrogens with zero attached hydrogens (tertiary/aromatic N) is 2. The van der Waals surface area contributed by atoms with Crippen molar-refractivity contribution in [1.82, 2.24) is 20.5 Å². The molecular weight excluding hydrogens is 572 g/mol. The zero-order valence-electron chi connectivity index (χ0n) is 25.8. The SMILES string of the molecule is CC(C)(C)OC(=O)C[C@@H](/C=C/S(C)(=O)=O)NC(=O)[C@H]1CCCN1C(=O)[C@H](NC(=O)c1ccc2ncccc2c1)C(C)(C)C. The molecule has 1 aliphatic heterocycles. The third-order valence-electron chi connectivity index (χ3n) is 6.78. The fourth-order valence-corrected chi connectivity index (χ4v) is 5.27. The van der Waals surface area contributed by atoms with Gasteiger partial charge in [-0.15, -0.1) is 0 Å². The van der Waals surface area contributed by atoms with Crippen LogP contribution in [0.2, 0.25) is 0 Å². The van der Waals surface area contributed by atoms with E-state index in [2.05, 4.69) is 15.6 Å². The van der Waals surface area contributed by atoms with E-state index in [0.29, 0.717) is 24.9 Å². The second-order valence-corrected chi connectivity index (χ2v) is 14.9. The first-order valence-electron chi connectivity index (χ1n) is 14.2. The summed E-state index contributed by atoms with van der Waals surface area (Å²) in [5.41, 5.74) is -0.339. The lowest BCUT2D eigenvalue weighted by molar-refractivity contribution is -0.155. The molecule has 1 saturated heterocycles. The van der Waals surface area contributed by atoms with Gasteiger partial charge in [-0.3, -0.25) is 24.2 Å². The molecule has 2 heterocycles. The number of amides is 3. The lowest BCUT2D eigenvalue weighted by Crippen LogP contribution is -2.58. The van der Waals surface area contributed by atoms with Crippen LogP contribution in [0, 0.1) is 5.41 Å². The molecule has 1 fully saturated rings. The Kier molecular flexibility index (Phi) is 10.4. The predicted molar refractivity (Wildman–Crippen MR) is 164 cm³/mol. The monoisotopic (exact) mass is 614 g/mol. The molecule has 0 bridgehead atoms. The van der Waals surface area contributed by atoms with Crippen LogP contribution in [0.4, 0.5) is 0 Å². The van der Waals surface area contributed by atoms with Crippen molar-refractivity contribution >= 4 is 44.4 Å². The first-order chi connectivity index (χ1) is 19.8. The molecule has 1 aromatic carbocycles. The van der Waals surface area contributed by atoms with Gasteiger partial charge in [0, 0.05) is 35.4 Å². The van der Waals surface area contributed by atoms with Crippen molar-refractivity contribution in [2.24, 2.45) is 5.41 Å². The molecule has 11 nitrogen and oxygen atoms in total. The van der Waals surface area contributed by atoms with Crippen molar-refractivity contribution in [2.75, 3.05) is 12.8 Å². The summed E-state index contributed by atoms with van der Waals surface area (Å²) < 4.78 is 28.9. The molecule has 3 amide bonds. The van der Waals surface area contributed by atoms with Gasteiger partial charge in [-0.1, -0.05) is 32.9 Å². The summed E-state index contributed by atoms with van der Waals surface area (Å²) in [6.45, 7) is 10.9. The average Bonchev–Trinajstić information content (AvgIpc) is 3.37. The molecule has 0 aliphatic carbocycles. The Morgan fingerprint density at radius 1 is 1.09 bits per heavy atom. The Morgan fingerprint density at radius 2 is 1.79 bits per heavy atom. The van der Waals surface area contributed by atoms with Crippen molar-refractivity contribution in [3.63, 3.8) is 0 Å². The minimum absolute atomic E-state index is 0.294. The number of sulfone groups is 1. The zero-order chi connectivity index (χ0) is 32.2. The van der Waals surface area contributed by atoms with Gasteiger partial charge in [0.25, 0.3) is 5.91 Å². The highest BCUT2D eigenvalue weighted by Gasteiger charge is 2.42. The number of hydrogen-bond acceptors (Lipinski definition) is 8. The molecule has 234 valence electrons. The summed E-state index contributed by atoms with van der Waals surface area (Å²) in [6, 6.07) is 5.94. The standard InChI is InChI=1S/C31H42N4O7S/c1-30(2,3)26(34-27(37)21-12-13-23-20(18-21)10-8-15-32-23)29(39)35-16-9-11-24(35)28(38)33-22(14-17-43(7,40)41)19-25(36)42-31(4,5)6/h8,10,12-15,17-18,22,24,26H,9,11,16,19H2,1-7H3,(H,33,38)(H,34,37)/b17-14+/t22-,24-,26+/m1/s1. The Labute approximate surface area is 253 Å². The summed E-state index contributed by atoms with van der Waals surface area (Å²) in [4.78, 5) is 58.9. The Morgan fingerprint density at radius 3 is 2.42 bits per heavy atom. The van der Waals surface area contributed by atoms with E-state index in [0.717, 1.165) is 22.6 Å². The molecule has 3 rings (SSSR count). The molecule has 0 spiro atoms. The maximum absolute atomic E-state index is 13.9. The number of pyridine rings is 1. The van der Waals surface area contributed by atoms with Gasteiger partial charge >= 0.3 is 5.97 Å². The van der Waals surface area contributed by atoms with Gasteiger partial charge in [0.2, 0.25) is 11.8 Å². The summed E-state index contributed by atoms with van der Waals surface area (Å²) in [6.07, 6.45) is 4.54. The molecule has 2 N–H and O–H groups in total. The maximum atomic E-state index is 13.9. The number of fused-ring (bicyclic) bond motifs is 1. The Bertz CT molecular complexity index is 1510.